The fraction of sp³-hybridized carbons (Fsp3) is 0.500. The molecule has 8 nitrogen and oxygen atoms in total. The van der Waals surface area contributed by atoms with Crippen molar-refractivity contribution in [1.29, 1.82) is 0 Å². The number of nitrogens with zero attached hydrogens (tertiary/aromatic N) is 2. The normalized spacial score (nSPS) is 17.2. The lowest BCUT2D eigenvalue weighted by atomic mass is 9.99. The number of phenolic OH excluding ortho intramolecular Hbond substituents is 1. The lowest BCUT2D eigenvalue weighted by molar-refractivity contribution is 0.0933. The zero-order valence-corrected chi connectivity index (χ0v) is 17.3. The molecular weight excluding hydrogens is 396 g/mol. The van der Waals surface area contributed by atoms with Crippen LogP contribution in [0.5, 0.6) is 11.5 Å². The Bertz CT molecular complexity index is 793. The molecule has 4 N–H and O–H groups in total. The van der Waals surface area contributed by atoms with Gasteiger partial charge >= 0.3 is 0 Å². The molecule has 0 radical (unpaired) electrons. The molecule has 1 aliphatic rings. The summed E-state index contributed by atoms with van der Waals surface area (Å²) in [6.07, 6.45) is 4.52. The van der Waals surface area contributed by atoms with Gasteiger partial charge in [0.05, 0.1) is 13.2 Å². The van der Waals surface area contributed by atoms with E-state index in [1.165, 1.54) is 7.11 Å². The van der Waals surface area contributed by atoms with Gasteiger partial charge in [-0.3, -0.25) is 9.48 Å². The van der Waals surface area contributed by atoms with Crippen molar-refractivity contribution in [2.45, 2.75) is 25.3 Å². The SMILES string of the molecule is COc1ccc(CC(CO)CNC(=O)c2ccn(C3CCCNC3)n2)cc1O.Cl. The van der Waals surface area contributed by atoms with Crippen LogP contribution in [-0.4, -0.2) is 59.3 Å². The van der Waals surface area contributed by atoms with E-state index in [9.17, 15) is 15.0 Å². The lowest BCUT2D eigenvalue weighted by Gasteiger charge is -2.22. The molecule has 9 heteroatoms. The maximum absolute atomic E-state index is 12.4. The Hall–Kier alpha value is -2.29. The highest BCUT2D eigenvalue weighted by Crippen LogP contribution is 2.27. The summed E-state index contributed by atoms with van der Waals surface area (Å²) >= 11 is 0. The van der Waals surface area contributed by atoms with Gasteiger partial charge < -0.3 is 25.6 Å². The number of halogens is 1. The number of carbonyl (C=O) groups is 1. The largest absolute Gasteiger partial charge is 0.504 e. The van der Waals surface area contributed by atoms with E-state index in [1.807, 2.05) is 16.9 Å². The van der Waals surface area contributed by atoms with E-state index in [-0.39, 0.29) is 42.6 Å². The summed E-state index contributed by atoms with van der Waals surface area (Å²) < 4.78 is 6.89. The summed E-state index contributed by atoms with van der Waals surface area (Å²) in [4.78, 5) is 12.4. The molecule has 29 heavy (non-hydrogen) atoms. The van der Waals surface area contributed by atoms with Crippen molar-refractivity contribution in [3.05, 3.63) is 41.7 Å². The molecule has 1 aliphatic heterocycles. The van der Waals surface area contributed by atoms with E-state index in [0.717, 1.165) is 31.5 Å². The van der Waals surface area contributed by atoms with Gasteiger partial charge in [-0.15, -0.1) is 12.4 Å². The Kier molecular flexibility index (Phi) is 8.75. The first-order chi connectivity index (χ1) is 13.6. The number of hydrogen-bond donors (Lipinski definition) is 4. The van der Waals surface area contributed by atoms with Crippen LogP contribution < -0.4 is 15.4 Å². The Morgan fingerprint density at radius 3 is 2.93 bits per heavy atom. The molecule has 1 fully saturated rings. The first-order valence-electron chi connectivity index (χ1n) is 9.61. The van der Waals surface area contributed by atoms with Crippen molar-refractivity contribution in [2.75, 3.05) is 33.4 Å². The first-order valence-corrected chi connectivity index (χ1v) is 9.61. The Morgan fingerprint density at radius 1 is 1.45 bits per heavy atom. The summed E-state index contributed by atoms with van der Waals surface area (Å²) in [7, 11) is 1.49. The van der Waals surface area contributed by atoms with Crippen LogP contribution in [-0.2, 0) is 6.42 Å². The zero-order valence-electron chi connectivity index (χ0n) is 16.5. The van der Waals surface area contributed by atoms with E-state index in [2.05, 4.69) is 15.7 Å². The van der Waals surface area contributed by atoms with Crippen LogP contribution in [0, 0.1) is 5.92 Å². The molecule has 1 amide bonds. The van der Waals surface area contributed by atoms with Crippen molar-refractivity contribution >= 4 is 18.3 Å². The van der Waals surface area contributed by atoms with Crippen LogP contribution in [0.4, 0.5) is 0 Å². The summed E-state index contributed by atoms with van der Waals surface area (Å²) in [5, 5.41) is 30.1. The van der Waals surface area contributed by atoms with Crippen molar-refractivity contribution in [3.8, 4) is 11.5 Å². The third-order valence-corrected chi connectivity index (χ3v) is 5.06. The minimum absolute atomic E-state index is 0. The number of carbonyl (C=O) groups excluding carboxylic acids is 1. The van der Waals surface area contributed by atoms with E-state index in [4.69, 9.17) is 4.74 Å². The molecule has 1 saturated heterocycles. The third kappa shape index (κ3) is 6.09. The number of amides is 1. The van der Waals surface area contributed by atoms with E-state index >= 15 is 0 Å². The highest BCUT2D eigenvalue weighted by molar-refractivity contribution is 5.92. The lowest BCUT2D eigenvalue weighted by Crippen LogP contribution is -2.33. The molecule has 2 unspecified atom stereocenters. The van der Waals surface area contributed by atoms with E-state index in [0.29, 0.717) is 24.4 Å². The topological polar surface area (TPSA) is 109 Å². The van der Waals surface area contributed by atoms with Crippen LogP contribution in [0.1, 0.15) is 34.9 Å². The number of aromatic nitrogens is 2. The number of aromatic hydroxyl groups is 1. The summed E-state index contributed by atoms with van der Waals surface area (Å²) in [5.41, 5.74) is 1.24. The molecule has 1 aromatic carbocycles. The van der Waals surface area contributed by atoms with E-state index < -0.39 is 0 Å². The number of benzene rings is 1. The third-order valence-electron chi connectivity index (χ3n) is 5.06. The molecule has 1 aromatic heterocycles. The fourth-order valence-electron chi connectivity index (χ4n) is 3.45. The Morgan fingerprint density at radius 2 is 2.28 bits per heavy atom. The van der Waals surface area contributed by atoms with Crippen LogP contribution >= 0.6 is 12.4 Å². The Balaban J connectivity index is 0.00000300. The highest BCUT2D eigenvalue weighted by Gasteiger charge is 2.18. The van der Waals surface area contributed by atoms with Crippen LogP contribution in [0.25, 0.3) is 0 Å². The smallest absolute Gasteiger partial charge is 0.271 e. The fourth-order valence-corrected chi connectivity index (χ4v) is 3.45. The van der Waals surface area contributed by atoms with Crippen LogP contribution in [0.3, 0.4) is 0 Å². The first kappa shape index (κ1) is 23.0. The maximum Gasteiger partial charge on any atom is 0.271 e. The van der Waals surface area contributed by atoms with Crippen LogP contribution in [0.2, 0.25) is 0 Å². The molecule has 2 atom stereocenters. The summed E-state index contributed by atoms with van der Waals surface area (Å²) in [5.74, 6) is 0.0461. The van der Waals surface area contributed by atoms with Gasteiger partial charge in [0, 0.05) is 31.8 Å². The number of piperidine rings is 1. The highest BCUT2D eigenvalue weighted by atomic mass is 35.5. The molecule has 0 spiro atoms. The predicted molar refractivity (Wildman–Crippen MR) is 112 cm³/mol. The summed E-state index contributed by atoms with van der Waals surface area (Å²) in [6, 6.07) is 7.14. The second kappa shape index (κ2) is 11.0. The molecule has 0 aliphatic carbocycles. The van der Waals surface area contributed by atoms with Gasteiger partial charge in [0.25, 0.3) is 5.91 Å². The van der Waals surface area contributed by atoms with Gasteiger partial charge in [-0.25, -0.2) is 0 Å². The van der Waals surface area contributed by atoms with Gasteiger partial charge in [0.2, 0.25) is 0 Å². The Labute approximate surface area is 176 Å². The average Bonchev–Trinajstić information content (AvgIpc) is 3.22. The van der Waals surface area contributed by atoms with Gasteiger partial charge in [0.1, 0.15) is 5.69 Å². The van der Waals surface area contributed by atoms with Crippen molar-refractivity contribution in [1.82, 2.24) is 20.4 Å². The summed E-state index contributed by atoms with van der Waals surface area (Å²) in [6.45, 7) is 2.14. The molecule has 3 rings (SSSR count). The minimum Gasteiger partial charge on any atom is -0.504 e. The molecule has 0 bridgehead atoms. The van der Waals surface area contributed by atoms with Crippen LogP contribution in [0.15, 0.2) is 30.5 Å². The second-order valence-corrected chi connectivity index (χ2v) is 7.15. The standard InChI is InChI=1S/C20H28N4O4.ClH/c1-28-19-5-4-14(10-18(19)26)9-15(13-25)11-22-20(27)17-6-8-24(23-17)16-3-2-7-21-12-16;/h4-6,8,10,15-16,21,25-26H,2-3,7,9,11-13H2,1H3,(H,22,27);1H. The number of hydrogen-bond acceptors (Lipinski definition) is 6. The monoisotopic (exact) mass is 424 g/mol. The van der Waals surface area contributed by atoms with Gasteiger partial charge in [-0.1, -0.05) is 6.07 Å². The van der Waals surface area contributed by atoms with Crippen molar-refractivity contribution in [2.24, 2.45) is 5.92 Å². The molecule has 2 aromatic rings. The molecule has 2 heterocycles. The van der Waals surface area contributed by atoms with Gasteiger partial charge in [-0.2, -0.15) is 5.10 Å². The molecule has 160 valence electrons. The van der Waals surface area contributed by atoms with Gasteiger partial charge in [0.15, 0.2) is 11.5 Å². The van der Waals surface area contributed by atoms with E-state index in [1.54, 1.807) is 18.2 Å². The minimum atomic E-state index is -0.251. The quantitative estimate of drug-likeness (QED) is 0.511. The van der Waals surface area contributed by atoms with Gasteiger partial charge in [-0.05, 0) is 49.6 Å². The number of aliphatic hydroxyl groups is 1. The van der Waals surface area contributed by atoms with Crippen molar-refractivity contribution < 1.29 is 19.7 Å². The number of nitrogens with one attached hydrogen (secondary N) is 2. The van der Waals surface area contributed by atoms with Crippen molar-refractivity contribution in [3.63, 3.8) is 0 Å². The average molecular weight is 425 g/mol. The number of methoxy groups -OCH3 is 1. The number of aliphatic hydroxyl groups excluding tert-OH is 1. The second-order valence-electron chi connectivity index (χ2n) is 7.15. The number of phenols is 1. The number of rotatable bonds is 8. The maximum atomic E-state index is 12.4. The predicted octanol–water partition coefficient (Wildman–Crippen LogP) is 1.52. The molecular formula is C20H29ClN4O4. The molecule has 0 saturated carbocycles. The number of ether oxygens (including phenoxy) is 1. The zero-order chi connectivity index (χ0) is 19.9.